The Kier molecular flexibility index (Phi) is 15.3. The standard InChI is InChI=1S/C9H10Br2O2.C9H16O2.BHNS/c1-2-13-9(12)7-3-6(5-10)4-8(7)11;1-3-11-9(10)8-5-4-7(2)6-8;1-2-3/h4H,2-3,5H2,1H3;7-8H,3-6H2,1-2H3;3H. The van der Waals surface area contributed by atoms with E-state index in [1.807, 2.05) is 13.0 Å². The van der Waals surface area contributed by atoms with Crippen molar-refractivity contribution in [1.82, 2.24) is 0 Å². The summed E-state index contributed by atoms with van der Waals surface area (Å²) in [5.74, 6) is 0.702. The Labute approximate surface area is 185 Å². The van der Waals surface area contributed by atoms with Gasteiger partial charge in [-0.25, -0.2) is 4.79 Å². The molecule has 1 radical (unpaired) electrons. The van der Waals surface area contributed by atoms with Crippen LogP contribution < -0.4 is 0 Å². The zero-order valence-electron chi connectivity index (χ0n) is 16.0. The number of thiol groups is 1. The molecule has 2 rings (SSSR count). The van der Waals surface area contributed by atoms with Crippen molar-refractivity contribution < 1.29 is 19.1 Å². The number of carbonyl (C=O) groups is 2. The van der Waals surface area contributed by atoms with Crippen LogP contribution in [-0.4, -0.2) is 38.1 Å². The van der Waals surface area contributed by atoms with Crippen molar-refractivity contribution in [3.8, 4) is 0 Å². The Balaban J connectivity index is 0.000000442. The molecule has 2 atom stereocenters. The van der Waals surface area contributed by atoms with Crippen molar-refractivity contribution in [3.05, 3.63) is 21.7 Å². The summed E-state index contributed by atoms with van der Waals surface area (Å²) in [7, 11) is 4.34. The molecular weight excluding hydrogens is 497 g/mol. The third-order valence-corrected chi connectivity index (χ3v) is 5.46. The van der Waals surface area contributed by atoms with Crippen molar-refractivity contribution in [2.45, 2.75) is 46.5 Å². The van der Waals surface area contributed by atoms with Crippen LogP contribution in [-0.2, 0) is 19.1 Å². The molecule has 0 saturated heterocycles. The van der Waals surface area contributed by atoms with Crippen LogP contribution >= 0.6 is 44.7 Å². The van der Waals surface area contributed by atoms with Crippen molar-refractivity contribution in [1.29, 1.82) is 0 Å². The molecular formula is C18H27BBr2NO4S. The molecule has 1 saturated carbocycles. The second kappa shape index (κ2) is 15.5. The van der Waals surface area contributed by atoms with Gasteiger partial charge in [0.15, 0.2) is 0 Å². The first kappa shape index (κ1) is 26.6. The fourth-order valence-corrected chi connectivity index (χ4v) is 3.77. The van der Waals surface area contributed by atoms with Gasteiger partial charge in [0.1, 0.15) is 0 Å². The van der Waals surface area contributed by atoms with Gasteiger partial charge in [0.05, 0.1) is 24.7 Å². The van der Waals surface area contributed by atoms with Crippen LogP contribution in [0, 0.1) is 11.8 Å². The van der Waals surface area contributed by atoms with E-state index in [1.54, 1.807) is 6.92 Å². The number of alkyl halides is 1. The van der Waals surface area contributed by atoms with Gasteiger partial charge in [-0.3, -0.25) is 4.79 Å². The number of allylic oxidation sites excluding steroid dienone is 3. The van der Waals surface area contributed by atoms with Crippen LogP contribution in [0.5, 0.6) is 0 Å². The van der Waals surface area contributed by atoms with E-state index in [0.717, 1.165) is 28.2 Å². The number of ether oxygens (including phenoxy) is 2. The normalized spacial score (nSPS) is 20.6. The number of nitrogens with zero attached hydrogens (tertiary/aromatic N) is 1. The molecule has 0 spiro atoms. The van der Waals surface area contributed by atoms with Gasteiger partial charge in [-0.2, -0.15) is 0 Å². The first-order valence-corrected chi connectivity index (χ1v) is 11.2. The van der Waals surface area contributed by atoms with Crippen LogP contribution in [0.3, 0.4) is 0 Å². The second-order valence-electron chi connectivity index (χ2n) is 6.14. The van der Waals surface area contributed by atoms with Gasteiger partial charge < -0.3 is 9.47 Å². The van der Waals surface area contributed by atoms with Crippen molar-refractivity contribution in [2.75, 3.05) is 18.5 Å². The second-order valence-corrected chi connectivity index (χ2v) is 7.79. The quantitative estimate of drug-likeness (QED) is 0.236. The molecule has 5 nitrogen and oxygen atoms in total. The molecule has 0 heterocycles. The fraction of sp³-hybridized carbons (Fsp3) is 0.667. The maximum absolute atomic E-state index is 11.4. The Morgan fingerprint density at radius 1 is 1.30 bits per heavy atom. The summed E-state index contributed by atoms with van der Waals surface area (Å²) >= 11 is 9.88. The van der Waals surface area contributed by atoms with E-state index in [9.17, 15) is 9.59 Å². The molecule has 0 N–H and O–H groups in total. The summed E-state index contributed by atoms with van der Waals surface area (Å²) in [6.45, 7) is 6.80. The van der Waals surface area contributed by atoms with Crippen LogP contribution in [0.1, 0.15) is 46.5 Å². The molecule has 151 valence electrons. The molecule has 1 fully saturated rings. The SMILES string of the molecule is CCOC(=O)C1=C(Br)C=C(CBr)C1.CCOC(=O)C1CCC(C)C1.[B]=NS. The average Bonchev–Trinajstić information content (AvgIpc) is 3.22. The van der Waals surface area contributed by atoms with Crippen LogP contribution in [0.4, 0.5) is 0 Å². The van der Waals surface area contributed by atoms with Gasteiger partial charge in [0.2, 0.25) is 0 Å². The molecule has 27 heavy (non-hydrogen) atoms. The third-order valence-electron chi connectivity index (χ3n) is 4.03. The van der Waals surface area contributed by atoms with E-state index < -0.39 is 0 Å². The van der Waals surface area contributed by atoms with Crippen LogP contribution in [0.25, 0.3) is 0 Å². The molecule has 9 heteroatoms. The molecule has 0 amide bonds. The van der Waals surface area contributed by atoms with Crippen molar-refractivity contribution in [2.24, 2.45) is 16.1 Å². The molecule has 0 aliphatic heterocycles. The minimum atomic E-state index is -0.221. The average molecular weight is 524 g/mol. The summed E-state index contributed by atoms with van der Waals surface area (Å²) < 4.78 is 13.4. The summed E-state index contributed by atoms with van der Waals surface area (Å²) in [6.07, 6.45) is 5.88. The van der Waals surface area contributed by atoms with Gasteiger partial charge in [0.25, 0.3) is 0 Å². The zero-order chi connectivity index (χ0) is 20.8. The number of halogens is 2. The summed E-state index contributed by atoms with van der Waals surface area (Å²) in [5.41, 5.74) is 1.91. The summed E-state index contributed by atoms with van der Waals surface area (Å²) in [4.78, 5) is 22.5. The number of hydrogen-bond acceptors (Lipinski definition) is 6. The first-order chi connectivity index (χ1) is 12.8. The van der Waals surface area contributed by atoms with Gasteiger partial charge in [-0.1, -0.05) is 44.4 Å². The molecule has 0 aromatic heterocycles. The van der Waals surface area contributed by atoms with Crippen LogP contribution in [0.15, 0.2) is 26.0 Å². The Hall–Kier alpha value is -0.405. The van der Waals surface area contributed by atoms with Gasteiger partial charge in [0, 0.05) is 16.2 Å². The molecule has 2 unspecified atom stereocenters. The number of hydrogen-bond donors (Lipinski definition) is 1. The Morgan fingerprint density at radius 2 is 1.89 bits per heavy atom. The minimum absolute atomic E-state index is 0.0110. The van der Waals surface area contributed by atoms with E-state index in [1.165, 1.54) is 12.0 Å². The fourth-order valence-electron chi connectivity index (χ4n) is 2.78. The summed E-state index contributed by atoms with van der Waals surface area (Å²) in [5, 5.41) is 0.797. The monoisotopic (exact) mass is 522 g/mol. The predicted molar refractivity (Wildman–Crippen MR) is 119 cm³/mol. The van der Waals surface area contributed by atoms with E-state index in [2.05, 4.69) is 63.5 Å². The molecule has 0 aromatic rings. The maximum atomic E-state index is 11.4. The molecule has 2 aliphatic rings. The van der Waals surface area contributed by atoms with Crippen LogP contribution in [0.2, 0.25) is 0 Å². The Morgan fingerprint density at radius 3 is 2.30 bits per heavy atom. The molecule has 0 aromatic carbocycles. The Bertz CT molecular complexity index is 570. The van der Waals surface area contributed by atoms with Gasteiger partial charge >= 0.3 is 36.7 Å². The van der Waals surface area contributed by atoms with E-state index in [0.29, 0.717) is 25.6 Å². The number of rotatable bonds is 5. The van der Waals surface area contributed by atoms with E-state index >= 15 is 0 Å². The third kappa shape index (κ3) is 10.6. The van der Waals surface area contributed by atoms with Crippen molar-refractivity contribution >= 4 is 64.3 Å². The predicted octanol–water partition coefficient (Wildman–Crippen LogP) is 5.09. The topological polar surface area (TPSA) is 65.0 Å². The number of esters is 2. The molecule has 0 bridgehead atoms. The first-order valence-electron chi connectivity index (χ1n) is 8.86. The molecule has 2 aliphatic carbocycles. The zero-order valence-corrected chi connectivity index (χ0v) is 20.1. The number of carbonyl (C=O) groups excluding carboxylic acids is 2. The van der Waals surface area contributed by atoms with Gasteiger partial charge in [-0.15, -0.1) is 0 Å². The van der Waals surface area contributed by atoms with Gasteiger partial charge in [-0.05, 0) is 45.1 Å². The summed E-state index contributed by atoms with van der Waals surface area (Å²) in [6, 6.07) is 0. The van der Waals surface area contributed by atoms with Crippen molar-refractivity contribution in [3.63, 3.8) is 0 Å². The van der Waals surface area contributed by atoms with E-state index in [-0.39, 0.29) is 17.9 Å². The van der Waals surface area contributed by atoms with E-state index in [4.69, 9.17) is 9.47 Å².